The van der Waals surface area contributed by atoms with Gasteiger partial charge in [0.1, 0.15) is 16.5 Å². The van der Waals surface area contributed by atoms with Gasteiger partial charge in [-0.3, -0.25) is 0 Å². The predicted molar refractivity (Wildman–Crippen MR) is 83.9 cm³/mol. The van der Waals surface area contributed by atoms with Crippen molar-refractivity contribution in [3.63, 3.8) is 0 Å². The molecule has 2 rings (SSSR count). The highest BCUT2D eigenvalue weighted by atomic mass is 35.5. The van der Waals surface area contributed by atoms with Crippen LogP contribution in [0.25, 0.3) is 0 Å². The fourth-order valence-corrected chi connectivity index (χ4v) is 2.34. The monoisotopic (exact) mass is 331 g/mol. The fraction of sp³-hybridized carbons (Fsp3) is 0. The van der Waals surface area contributed by atoms with E-state index in [0.717, 1.165) is 0 Å². The molecule has 2 aromatic carbocycles. The first-order chi connectivity index (χ1) is 8.95. The highest BCUT2D eigenvalue weighted by molar-refractivity contribution is 7.80. The van der Waals surface area contributed by atoms with Gasteiger partial charge in [0.05, 0.1) is 5.56 Å². The molecule has 6 heteroatoms. The molecular weight excluding hydrogens is 325 g/mol. The summed E-state index contributed by atoms with van der Waals surface area (Å²) in [6.07, 6.45) is 0. The molecule has 0 atom stereocenters. The summed E-state index contributed by atoms with van der Waals surface area (Å²) in [6, 6.07) is 9.91. The molecule has 2 nitrogen and oxygen atoms in total. The summed E-state index contributed by atoms with van der Waals surface area (Å²) in [7, 11) is 0. The smallest absolute Gasteiger partial charge is 0.139 e. The largest absolute Gasteiger partial charge is 0.456 e. The zero-order chi connectivity index (χ0) is 14.0. The molecular formula is C13H8Cl3NOS. The number of ether oxygens (including phenoxy) is 1. The maximum atomic E-state index is 5.93. The van der Waals surface area contributed by atoms with E-state index in [9.17, 15) is 0 Å². The first kappa shape index (κ1) is 14.4. The van der Waals surface area contributed by atoms with Crippen LogP contribution in [0.15, 0.2) is 36.4 Å². The molecule has 98 valence electrons. The summed E-state index contributed by atoms with van der Waals surface area (Å²) in [6.45, 7) is 0. The summed E-state index contributed by atoms with van der Waals surface area (Å²) in [5.41, 5.74) is 6.23. The number of hydrogen-bond donors (Lipinski definition) is 1. The molecule has 0 unspecified atom stereocenters. The second kappa shape index (κ2) is 5.97. The first-order valence-electron chi connectivity index (χ1n) is 5.19. The van der Waals surface area contributed by atoms with E-state index in [1.54, 1.807) is 36.4 Å². The van der Waals surface area contributed by atoms with Gasteiger partial charge in [-0.15, -0.1) is 0 Å². The summed E-state index contributed by atoms with van der Waals surface area (Å²) in [5, 5.41) is 1.46. The van der Waals surface area contributed by atoms with Crippen LogP contribution in [-0.4, -0.2) is 4.99 Å². The lowest BCUT2D eigenvalue weighted by Crippen LogP contribution is -2.10. The van der Waals surface area contributed by atoms with Crippen LogP contribution in [0, 0.1) is 0 Å². The molecule has 19 heavy (non-hydrogen) atoms. The van der Waals surface area contributed by atoms with Gasteiger partial charge in [0.15, 0.2) is 0 Å². The molecule has 0 aliphatic rings. The molecule has 0 aliphatic heterocycles. The zero-order valence-electron chi connectivity index (χ0n) is 9.49. The summed E-state index contributed by atoms with van der Waals surface area (Å²) < 4.78 is 5.69. The fourth-order valence-electron chi connectivity index (χ4n) is 1.50. The van der Waals surface area contributed by atoms with Gasteiger partial charge in [0.25, 0.3) is 0 Å². The Labute approximate surface area is 131 Å². The van der Waals surface area contributed by atoms with Crippen LogP contribution in [0.2, 0.25) is 15.1 Å². The minimum absolute atomic E-state index is 0.222. The summed E-state index contributed by atoms with van der Waals surface area (Å²) >= 11 is 22.7. The number of halogens is 3. The number of nitrogens with two attached hydrogens (primary N) is 1. The lowest BCUT2D eigenvalue weighted by Gasteiger charge is -2.11. The van der Waals surface area contributed by atoms with Crippen LogP contribution >= 0.6 is 47.0 Å². The van der Waals surface area contributed by atoms with E-state index in [1.807, 2.05) is 0 Å². The topological polar surface area (TPSA) is 35.2 Å². The van der Waals surface area contributed by atoms with Crippen molar-refractivity contribution < 1.29 is 4.74 Å². The highest BCUT2D eigenvalue weighted by Gasteiger charge is 2.09. The van der Waals surface area contributed by atoms with E-state index in [1.165, 1.54) is 0 Å². The second-order valence-corrected chi connectivity index (χ2v) is 5.46. The lowest BCUT2D eigenvalue weighted by molar-refractivity contribution is 0.482. The Morgan fingerprint density at radius 1 is 0.947 bits per heavy atom. The number of benzene rings is 2. The SMILES string of the molecule is NC(=S)c1ccc(Cl)cc1Oc1cc(Cl)cc(Cl)c1. The van der Waals surface area contributed by atoms with Gasteiger partial charge in [0.2, 0.25) is 0 Å². The zero-order valence-corrected chi connectivity index (χ0v) is 12.6. The third-order valence-corrected chi connectivity index (χ3v) is 3.16. The van der Waals surface area contributed by atoms with Crippen molar-refractivity contribution in [1.29, 1.82) is 0 Å². The first-order valence-corrected chi connectivity index (χ1v) is 6.73. The predicted octanol–water partition coefficient (Wildman–Crippen LogP) is 5.07. The second-order valence-electron chi connectivity index (χ2n) is 3.71. The third kappa shape index (κ3) is 3.74. The van der Waals surface area contributed by atoms with Crippen molar-refractivity contribution in [3.05, 3.63) is 57.0 Å². The van der Waals surface area contributed by atoms with E-state index >= 15 is 0 Å². The molecule has 0 spiro atoms. The molecule has 0 aromatic heterocycles. The van der Waals surface area contributed by atoms with E-state index in [4.69, 9.17) is 57.5 Å². The van der Waals surface area contributed by atoms with Gasteiger partial charge in [-0.25, -0.2) is 0 Å². The number of hydrogen-bond acceptors (Lipinski definition) is 2. The normalized spacial score (nSPS) is 10.3. The Bertz CT molecular complexity index is 626. The van der Waals surface area contributed by atoms with E-state index in [-0.39, 0.29) is 4.99 Å². The van der Waals surface area contributed by atoms with Crippen LogP contribution in [-0.2, 0) is 0 Å². The van der Waals surface area contributed by atoms with Crippen molar-refractivity contribution in [1.82, 2.24) is 0 Å². The number of rotatable bonds is 3. The standard InChI is InChI=1S/C13H8Cl3NOS/c14-7-1-2-11(13(17)19)12(6-7)18-10-4-8(15)3-9(16)5-10/h1-6H,(H2,17,19). The van der Waals surface area contributed by atoms with E-state index in [2.05, 4.69) is 0 Å². The van der Waals surface area contributed by atoms with Crippen LogP contribution in [0.5, 0.6) is 11.5 Å². The highest BCUT2D eigenvalue weighted by Crippen LogP contribution is 2.31. The van der Waals surface area contributed by atoms with Gasteiger partial charge >= 0.3 is 0 Å². The molecule has 0 saturated carbocycles. The average Bonchev–Trinajstić information content (AvgIpc) is 2.26. The molecule has 0 radical (unpaired) electrons. The summed E-state index contributed by atoms with van der Waals surface area (Å²) in [4.78, 5) is 0.222. The summed E-state index contributed by atoms with van der Waals surface area (Å²) in [5.74, 6) is 0.940. The maximum Gasteiger partial charge on any atom is 0.139 e. The Morgan fingerprint density at radius 2 is 1.58 bits per heavy atom. The molecule has 0 saturated heterocycles. The van der Waals surface area contributed by atoms with Crippen molar-refractivity contribution in [3.8, 4) is 11.5 Å². The number of thiocarbonyl (C=S) groups is 1. The van der Waals surface area contributed by atoms with E-state index < -0.39 is 0 Å². The average molecular weight is 333 g/mol. The lowest BCUT2D eigenvalue weighted by atomic mass is 10.2. The minimum atomic E-state index is 0.222. The molecule has 0 amide bonds. The van der Waals surface area contributed by atoms with Crippen LogP contribution in [0.4, 0.5) is 0 Å². The van der Waals surface area contributed by atoms with Gasteiger partial charge < -0.3 is 10.5 Å². The van der Waals surface area contributed by atoms with Gasteiger partial charge in [-0.2, -0.15) is 0 Å². The van der Waals surface area contributed by atoms with Crippen molar-refractivity contribution in [2.45, 2.75) is 0 Å². The van der Waals surface area contributed by atoms with Crippen LogP contribution in [0.1, 0.15) is 5.56 Å². The van der Waals surface area contributed by atoms with Crippen LogP contribution in [0.3, 0.4) is 0 Å². The van der Waals surface area contributed by atoms with Crippen molar-refractivity contribution >= 4 is 52.0 Å². The molecule has 0 aliphatic carbocycles. The van der Waals surface area contributed by atoms with Gasteiger partial charge in [0, 0.05) is 21.1 Å². The molecule has 2 aromatic rings. The Hall–Kier alpha value is -1.000. The Balaban J connectivity index is 2.42. The minimum Gasteiger partial charge on any atom is -0.456 e. The quantitative estimate of drug-likeness (QED) is 0.797. The molecule has 2 N–H and O–H groups in total. The molecule has 0 bridgehead atoms. The third-order valence-electron chi connectivity index (χ3n) is 2.27. The van der Waals surface area contributed by atoms with Gasteiger partial charge in [-0.1, -0.05) is 47.0 Å². The Kier molecular flexibility index (Phi) is 4.53. The van der Waals surface area contributed by atoms with Gasteiger partial charge in [-0.05, 0) is 30.3 Å². The molecule has 0 fully saturated rings. The van der Waals surface area contributed by atoms with Crippen LogP contribution < -0.4 is 10.5 Å². The van der Waals surface area contributed by atoms with E-state index in [0.29, 0.717) is 32.1 Å². The maximum absolute atomic E-state index is 5.93. The Morgan fingerprint density at radius 3 is 2.16 bits per heavy atom. The van der Waals surface area contributed by atoms with Crippen molar-refractivity contribution in [2.75, 3.05) is 0 Å². The molecule has 0 heterocycles. The van der Waals surface area contributed by atoms with Crippen molar-refractivity contribution in [2.24, 2.45) is 5.73 Å².